The van der Waals surface area contributed by atoms with Gasteiger partial charge in [0.15, 0.2) is 0 Å². The van der Waals surface area contributed by atoms with E-state index in [1.54, 1.807) is 18.5 Å². The van der Waals surface area contributed by atoms with Gasteiger partial charge in [0.1, 0.15) is 0 Å². The van der Waals surface area contributed by atoms with E-state index in [0.717, 1.165) is 22.3 Å². The van der Waals surface area contributed by atoms with Gasteiger partial charge < -0.3 is 0 Å². The van der Waals surface area contributed by atoms with E-state index in [-0.39, 0.29) is 5.56 Å². The van der Waals surface area contributed by atoms with Gasteiger partial charge in [-0.15, -0.1) is 0 Å². The van der Waals surface area contributed by atoms with Gasteiger partial charge >= 0.3 is 6.18 Å². The molecule has 108 valence electrons. The summed E-state index contributed by atoms with van der Waals surface area (Å²) in [5, 5.41) is 2.58. The van der Waals surface area contributed by atoms with Gasteiger partial charge in [-0.25, -0.2) is 5.43 Å². The van der Waals surface area contributed by atoms with Crippen molar-refractivity contribution in [2.24, 2.45) is 5.84 Å². The molecule has 2 aromatic heterocycles. The Kier molecular flexibility index (Phi) is 4.42. The molecule has 7 heteroatoms. The van der Waals surface area contributed by atoms with E-state index in [9.17, 15) is 13.2 Å². The summed E-state index contributed by atoms with van der Waals surface area (Å²) in [6.45, 7) is 1.92. The highest BCUT2D eigenvalue weighted by Crippen LogP contribution is 2.39. The minimum atomic E-state index is -4.39. The van der Waals surface area contributed by atoms with Crippen LogP contribution in [0, 0.1) is 0 Å². The summed E-state index contributed by atoms with van der Waals surface area (Å²) < 4.78 is 39.0. The zero-order valence-electron chi connectivity index (χ0n) is 10.7. The number of thiophene rings is 1. The van der Waals surface area contributed by atoms with Crippen molar-refractivity contribution >= 4 is 11.3 Å². The average molecular weight is 301 g/mol. The van der Waals surface area contributed by atoms with Gasteiger partial charge in [-0.1, -0.05) is 6.92 Å². The fourth-order valence-electron chi connectivity index (χ4n) is 2.12. The molecule has 0 fully saturated rings. The Hall–Kier alpha value is -1.44. The van der Waals surface area contributed by atoms with Gasteiger partial charge in [0, 0.05) is 17.8 Å². The standard InChI is InChI=1S/C13H14F3N3S/c1-2-8-5-18-4-3-9(8)12(19-17)10-6-20-7-11(10)13(14,15)16/h3-7,12,19H,2,17H2,1H3. The van der Waals surface area contributed by atoms with Gasteiger partial charge in [-0.2, -0.15) is 24.5 Å². The number of hydrogen-bond donors (Lipinski definition) is 2. The highest BCUT2D eigenvalue weighted by Gasteiger charge is 2.36. The zero-order valence-corrected chi connectivity index (χ0v) is 11.6. The Bertz CT molecular complexity index is 580. The SMILES string of the molecule is CCc1cnccc1C(NN)c1cscc1C(F)(F)F. The van der Waals surface area contributed by atoms with Crippen LogP contribution in [0.5, 0.6) is 0 Å². The molecule has 2 heterocycles. The molecule has 1 unspecified atom stereocenters. The van der Waals surface area contributed by atoms with Gasteiger partial charge in [-0.05, 0) is 34.6 Å². The minimum absolute atomic E-state index is 0.144. The summed E-state index contributed by atoms with van der Waals surface area (Å²) in [7, 11) is 0. The van der Waals surface area contributed by atoms with Crippen molar-refractivity contribution < 1.29 is 13.2 Å². The molecule has 2 aromatic rings. The summed E-state index contributed by atoms with van der Waals surface area (Å²) in [6.07, 6.45) is -0.506. The molecule has 20 heavy (non-hydrogen) atoms. The quantitative estimate of drug-likeness (QED) is 0.673. The van der Waals surface area contributed by atoms with E-state index in [1.165, 1.54) is 5.38 Å². The molecule has 1 atom stereocenters. The summed E-state index contributed by atoms with van der Waals surface area (Å²) >= 11 is 1.01. The first-order chi connectivity index (χ1) is 9.49. The van der Waals surface area contributed by atoms with Crippen LogP contribution in [0.15, 0.2) is 29.2 Å². The number of aryl methyl sites for hydroxylation is 1. The number of rotatable bonds is 4. The Morgan fingerprint density at radius 1 is 1.35 bits per heavy atom. The molecule has 0 amide bonds. The lowest BCUT2D eigenvalue weighted by atomic mass is 9.94. The molecule has 0 radical (unpaired) electrons. The average Bonchev–Trinajstić information content (AvgIpc) is 2.89. The summed E-state index contributed by atoms with van der Waals surface area (Å²) in [6, 6.07) is 0.997. The van der Waals surface area contributed by atoms with Crippen molar-refractivity contribution in [3.63, 3.8) is 0 Å². The second-order valence-electron chi connectivity index (χ2n) is 4.27. The zero-order chi connectivity index (χ0) is 14.8. The third-order valence-corrected chi connectivity index (χ3v) is 3.87. The van der Waals surface area contributed by atoms with E-state index in [0.29, 0.717) is 12.0 Å². The van der Waals surface area contributed by atoms with Gasteiger partial charge in [0.05, 0.1) is 11.6 Å². The maximum Gasteiger partial charge on any atom is 0.417 e. The number of halogens is 3. The second-order valence-corrected chi connectivity index (χ2v) is 5.01. The number of nitrogens with one attached hydrogen (secondary N) is 1. The maximum absolute atomic E-state index is 13.0. The molecular weight excluding hydrogens is 287 g/mol. The topological polar surface area (TPSA) is 50.9 Å². The smallest absolute Gasteiger partial charge is 0.271 e. The van der Waals surface area contributed by atoms with Crippen LogP contribution in [0.3, 0.4) is 0 Å². The fourth-order valence-corrected chi connectivity index (χ4v) is 3.01. The lowest BCUT2D eigenvalue weighted by Crippen LogP contribution is -2.30. The van der Waals surface area contributed by atoms with E-state index in [2.05, 4.69) is 10.4 Å². The van der Waals surface area contributed by atoms with Crippen LogP contribution in [0.25, 0.3) is 0 Å². The number of alkyl halides is 3. The summed E-state index contributed by atoms with van der Waals surface area (Å²) in [5.41, 5.74) is 3.57. The Labute approximate surface area is 118 Å². The van der Waals surface area contributed by atoms with Crippen LogP contribution < -0.4 is 11.3 Å². The molecule has 0 aliphatic heterocycles. The first-order valence-corrected chi connectivity index (χ1v) is 6.95. The predicted octanol–water partition coefficient (Wildman–Crippen LogP) is 3.28. The molecule has 0 aliphatic rings. The van der Waals surface area contributed by atoms with Crippen LogP contribution in [-0.4, -0.2) is 4.98 Å². The van der Waals surface area contributed by atoms with Gasteiger partial charge in [0.2, 0.25) is 0 Å². The first kappa shape index (κ1) is 15.0. The molecule has 0 saturated carbocycles. The van der Waals surface area contributed by atoms with E-state index in [1.807, 2.05) is 6.92 Å². The molecule has 0 saturated heterocycles. The highest BCUT2D eigenvalue weighted by molar-refractivity contribution is 7.08. The number of nitrogens with two attached hydrogens (primary N) is 1. The number of hydrogen-bond acceptors (Lipinski definition) is 4. The Morgan fingerprint density at radius 2 is 2.10 bits per heavy atom. The molecule has 3 N–H and O–H groups in total. The monoisotopic (exact) mass is 301 g/mol. The van der Waals surface area contributed by atoms with Crippen LogP contribution in [0.2, 0.25) is 0 Å². The van der Waals surface area contributed by atoms with Crippen molar-refractivity contribution in [2.75, 3.05) is 0 Å². The van der Waals surface area contributed by atoms with E-state index < -0.39 is 17.8 Å². The van der Waals surface area contributed by atoms with Crippen LogP contribution >= 0.6 is 11.3 Å². The minimum Gasteiger partial charge on any atom is -0.271 e. The summed E-state index contributed by atoms with van der Waals surface area (Å²) in [5.74, 6) is 5.50. The maximum atomic E-state index is 13.0. The van der Waals surface area contributed by atoms with Crippen LogP contribution in [-0.2, 0) is 12.6 Å². The first-order valence-electron chi connectivity index (χ1n) is 6.01. The number of hydrazine groups is 1. The van der Waals surface area contributed by atoms with Gasteiger partial charge in [0.25, 0.3) is 0 Å². The van der Waals surface area contributed by atoms with Crippen molar-refractivity contribution in [3.8, 4) is 0 Å². The largest absolute Gasteiger partial charge is 0.417 e. The van der Waals surface area contributed by atoms with Crippen molar-refractivity contribution in [3.05, 3.63) is 51.5 Å². The second kappa shape index (κ2) is 5.90. The Balaban J connectivity index is 2.51. The number of aromatic nitrogens is 1. The molecular formula is C13H14F3N3S. The molecule has 2 rings (SSSR count). The molecule has 0 aliphatic carbocycles. The molecule has 0 spiro atoms. The number of pyridine rings is 1. The van der Waals surface area contributed by atoms with Crippen molar-refractivity contribution in [1.29, 1.82) is 0 Å². The lowest BCUT2D eigenvalue weighted by molar-refractivity contribution is -0.138. The van der Waals surface area contributed by atoms with E-state index >= 15 is 0 Å². The van der Waals surface area contributed by atoms with Crippen molar-refractivity contribution in [1.82, 2.24) is 10.4 Å². The van der Waals surface area contributed by atoms with Crippen LogP contribution in [0.4, 0.5) is 13.2 Å². The fraction of sp³-hybridized carbons (Fsp3) is 0.308. The third-order valence-electron chi connectivity index (χ3n) is 3.11. The summed E-state index contributed by atoms with van der Waals surface area (Å²) in [4.78, 5) is 4.00. The number of nitrogens with zero attached hydrogens (tertiary/aromatic N) is 1. The normalized spacial score (nSPS) is 13.4. The highest BCUT2D eigenvalue weighted by atomic mass is 32.1. The van der Waals surface area contributed by atoms with E-state index in [4.69, 9.17) is 5.84 Å². The van der Waals surface area contributed by atoms with Crippen molar-refractivity contribution in [2.45, 2.75) is 25.6 Å². The lowest BCUT2D eigenvalue weighted by Gasteiger charge is -2.20. The van der Waals surface area contributed by atoms with Crippen LogP contribution in [0.1, 0.15) is 35.2 Å². The van der Waals surface area contributed by atoms with Gasteiger partial charge in [-0.3, -0.25) is 10.8 Å². The molecule has 3 nitrogen and oxygen atoms in total. The molecule has 0 bridgehead atoms. The predicted molar refractivity (Wildman–Crippen MR) is 72.1 cm³/mol. The molecule has 0 aromatic carbocycles. The third kappa shape index (κ3) is 2.84. The Morgan fingerprint density at radius 3 is 2.70 bits per heavy atom.